The second kappa shape index (κ2) is 126. The first-order valence-corrected chi connectivity index (χ1v) is 4.79. The molecule has 0 aliphatic heterocycles. The molecule has 0 rings (SSSR count). The molecule has 1 heteroatoms. The standard InChI is InChI=1S/C5H12.2C2H6.CH3F.CH4/c1-3-5-4-2;3*1-2;/h3-5H2,1-2H3;2*1-2H3;1H3;1H4/i;;;;1D. The summed E-state index contributed by atoms with van der Waals surface area (Å²) in [6.07, 6.45) is 4.08. The molecule has 12 heavy (non-hydrogen) atoms. The summed E-state index contributed by atoms with van der Waals surface area (Å²) >= 11 is 0. The predicted octanol–water partition coefficient (Wildman–Crippen LogP) is 5.47. The lowest BCUT2D eigenvalue weighted by atomic mass is 10.3. The molecule has 0 fully saturated rings. The molecule has 0 bridgehead atoms. The Morgan fingerprint density at radius 2 is 1.08 bits per heavy atom. The summed E-state index contributed by atoms with van der Waals surface area (Å²) < 4.78 is 15.2. The van der Waals surface area contributed by atoms with Crippen LogP contribution in [-0.4, -0.2) is 7.18 Å². The van der Waals surface area contributed by atoms with Gasteiger partial charge in [0.05, 0.1) is 7.18 Å². The highest BCUT2D eigenvalue weighted by molar-refractivity contribution is 4.24. The number of hydrogen-bond donors (Lipinski definition) is 0. The van der Waals surface area contributed by atoms with Crippen LogP contribution in [0.3, 0.4) is 0 Å². The molecule has 0 saturated carbocycles. The van der Waals surface area contributed by atoms with Crippen molar-refractivity contribution in [1.29, 1.82) is 0 Å². The zero-order valence-electron chi connectivity index (χ0n) is 11.5. The fourth-order valence-corrected chi connectivity index (χ4v) is 0.354. The maximum atomic E-state index is 9.50. The number of alkyl halides is 1. The van der Waals surface area contributed by atoms with Gasteiger partial charge in [0, 0.05) is 1.37 Å². The minimum absolute atomic E-state index is 0.500. The van der Waals surface area contributed by atoms with Crippen molar-refractivity contribution in [3.63, 3.8) is 0 Å². The predicted molar refractivity (Wildman–Crippen MR) is 61.7 cm³/mol. The van der Waals surface area contributed by atoms with Crippen molar-refractivity contribution < 1.29 is 5.76 Å². The van der Waals surface area contributed by atoms with E-state index in [1.165, 1.54) is 26.7 Å². The second-order valence-electron chi connectivity index (χ2n) is 1.35. The Labute approximate surface area is 82.0 Å². The molecule has 0 heterocycles. The van der Waals surface area contributed by atoms with Gasteiger partial charge in [-0.1, -0.05) is 68.2 Å². The van der Waals surface area contributed by atoms with Gasteiger partial charge in [-0.25, -0.2) is 0 Å². The van der Waals surface area contributed by atoms with E-state index >= 15 is 0 Å². The van der Waals surface area contributed by atoms with E-state index in [1.807, 2.05) is 27.7 Å². The zero-order valence-corrected chi connectivity index (χ0v) is 10.5. The van der Waals surface area contributed by atoms with E-state index in [0.29, 0.717) is 7.18 Å². The van der Waals surface area contributed by atoms with Crippen molar-refractivity contribution in [2.75, 3.05) is 7.18 Å². The zero-order chi connectivity index (χ0) is 12.1. The molecule has 0 aliphatic rings. The number of hydrogen-bond acceptors (Lipinski definition) is 0. The van der Waals surface area contributed by atoms with Crippen molar-refractivity contribution >= 4 is 0 Å². The van der Waals surface area contributed by atoms with Crippen LogP contribution in [0.15, 0.2) is 0 Å². The monoisotopic (exact) mass is 183 g/mol. The Balaban J connectivity index is -0.0000000230. The van der Waals surface area contributed by atoms with E-state index in [-0.39, 0.29) is 0 Å². The normalized spacial score (nSPS) is 5.58. The molecule has 0 aromatic rings. The minimum atomic E-state index is 0.500. The van der Waals surface area contributed by atoms with E-state index in [4.69, 9.17) is 1.37 Å². The van der Waals surface area contributed by atoms with E-state index in [9.17, 15) is 4.39 Å². The maximum absolute atomic E-state index is 9.50. The first kappa shape index (κ1) is 22.7. The maximum Gasteiger partial charge on any atom is 0.0785 e. The summed E-state index contributed by atoms with van der Waals surface area (Å²) in [4.78, 5) is 0. The van der Waals surface area contributed by atoms with E-state index in [2.05, 4.69) is 13.8 Å². The minimum Gasteiger partial charge on any atom is -0.255 e. The molecular formula is C11H31F. The summed E-state index contributed by atoms with van der Waals surface area (Å²) in [5.41, 5.74) is 0. The molecule has 0 aromatic carbocycles. The van der Waals surface area contributed by atoms with Crippen LogP contribution in [0.25, 0.3) is 0 Å². The van der Waals surface area contributed by atoms with Gasteiger partial charge in [-0.05, 0) is 0 Å². The van der Waals surface area contributed by atoms with Gasteiger partial charge < -0.3 is 0 Å². The van der Waals surface area contributed by atoms with Gasteiger partial charge in [-0.15, -0.1) is 0 Å². The molecule has 0 nitrogen and oxygen atoms in total. The van der Waals surface area contributed by atoms with Gasteiger partial charge in [0.1, 0.15) is 0 Å². The highest BCUT2D eigenvalue weighted by atomic mass is 19.1. The van der Waals surface area contributed by atoms with Crippen LogP contribution in [0.2, 0.25) is 0 Å². The summed E-state index contributed by atoms with van der Waals surface area (Å²) in [5.74, 6) is 0. The molecule has 0 amide bonds. The van der Waals surface area contributed by atoms with Crippen molar-refractivity contribution in [3.8, 4) is 0 Å². The molecule has 82 valence electrons. The van der Waals surface area contributed by atoms with Gasteiger partial charge >= 0.3 is 0 Å². The van der Waals surface area contributed by atoms with Crippen LogP contribution < -0.4 is 0 Å². The lowest BCUT2D eigenvalue weighted by molar-refractivity contribution is 0.636. The van der Waals surface area contributed by atoms with Crippen LogP contribution in [0.4, 0.5) is 4.39 Å². The second-order valence-corrected chi connectivity index (χ2v) is 1.35. The number of rotatable bonds is 2. The Morgan fingerprint density at radius 1 is 0.917 bits per heavy atom. The fourth-order valence-electron chi connectivity index (χ4n) is 0.354. The molecular weight excluding hydrogens is 151 g/mol. The summed E-state index contributed by atoms with van der Waals surface area (Å²) in [7, 11) is 1.75. The summed E-state index contributed by atoms with van der Waals surface area (Å²) in [5, 5.41) is 0. The third-order valence-corrected chi connectivity index (χ3v) is 0.707. The number of halogens is 1. The molecule has 0 N–H and O–H groups in total. The van der Waals surface area contributed by atoms with Crippen LogP contribution >= 0.6 is 0 Å². The van der Waals surface area contributed by atoms with E-state index in [0.717, 1.165) is 0 Å². The molecule has 0 radical (unpaired) electrons. The average molecular weight is 183 g/mol. The molecule has 0 spiro atoms. The quantitative estimate of drug-likeness (QED) is 0.532. The average Bonchev–Trinajstić information content (AvgIpc) is 2.30. The van der Waals surface area contributed by atoms with Gasteiger partial charge in [-0.2, -0.15) is 0 Å². The molecule has 0 aromatic heterocycles. The topological polar surface area (TPSA) is 0 Å². The third kappa shape index (κ3) is 213. The van der Waals surface area contributed by atoms with Gasteiger partial charge in [-0.3, -0.25) is 4.39 Å². The van der Waals surface area contributed by atoms with Crippen LogP contribution in [0.5, 0.6) is 0 Å². The van der Waals surface area contributed by atoms with Gasteiger partial charge in [0.15, 0.2) is 0 Å². The van der Waals surface area contributed by atoms with E-state index in [1.54, 1.807) is 0 Å². The van der Waals surface area contributed by atoms with E-state index < -0.39 is 0 Å². The highest BCUT2D eigenvalue weighted by Gasteiger charge is 1.68. The molecule has 0 saturated heterocycles. The van der Waals surface area contributed by atoms with Gasteiger partial charge in [0.25, 0.3) is 0 Å². The largest absolute Gasteiger partial charge is 0.255 e. The lowest BCUT2D eigenvalue weighted by Gasteiger charge is -1.79. The fraction of sp³-hybridized carbons (Fsp3) is 1.00. The molecule has 0 aliphatic carbocycles. The van der Waals surface area contributed by atoms with Gasteiger partial charge in [0.2, 0.25) is 0 Å². The SMILES string of the molecule is CC.CC.CCCCC.CF.[2H]C. The first-order valence-electron chi connectivity index (χ1n) is 5.79. The Bertz CT molecular complexity index is 17.6. The van der Waals surface area contributed by atoms with Crippen molar-refractivity contribution in [2.45, 2.75) is 68.2 Å². The van der Waals surface area contributed by atoms with Crippen molar-refractivity contribution in [2.24, 2.45) is 0 Å². The number of unbranched alkanes of at least 4 members (excludes halogenated alkanes) is 2. The van der Waals surface area contributed by atoms with Crippen molar-refractivity contribution in [3.05, 3.63) is 0 Å². The Hall–Kier alpha value is -0.0700. The highest BCUT2D eigenvalue weighted by Crippen LogP contribution is 1.88. The molecule has 0 unspecified atom stereocenters. The summed E-state index contributed by atoms with van der Waals surface area (Å²) in [6.45, 7) is 12.4. The Kier molecular flexibility index (Phi) is 237. The van der Waals surface area contributed by atoms with Crippen LogP contribution in [0.1, 0.15) is 69.6 Å². The lowest BCUT2D eigenvalue weighted by Crippen LogP contribution is -1.59. The molecule has 0 atom stereocenters. The van der Waals surface area contributed by atoms with Crippen LogP contribution in [0, 0.1) is 0 Å². The smallest absolute Gasteiger partial charge is 0.0785 e. The van der Waals surface area contributed by atoms with Crippen molar-refractivity contribution in [1.82, 2.24) is 0 Å². The van der Waals surface area contributed by atoms with Crippen LogP contribution in [-0.2, 0) is 0 Å². The first-order chi connectivity index (χ1) is 6.41. The Morgan fingerprint density at radius 3 is 1.08 bits per heavy atom. The third-order valence-electron chi connectivity index (χ3n) is 0.707. The summed E-state index contributed by atoms with van der Waals surface area (Å²) in [6, 6.07) is 0.